The van der Waals surface area contributed by atoms with Gasteiger partial charge in [-0.1, -0.05) is 45.3 Å². The quantitative estimate of drug-likeness (QED) is 0.604. The maximum absolute atomic E-state index is 3.78. The lowest BCUT2D eigenvalue weighted by atomic mass is 9.86. The van der Waals surface area contributed by atoms with Gasteiger partial charge in [0.1, 0.15) is 0 Å². The summed E-state index contributed by atoms with van der Waals surface area (Å²) in [6.45, 7) is 8.11. The average molecular weight is 237 g/mol. The zero-order valence-electron chi connectivity index (χ0n) is 12.1. The third-order valence-electron chi connectivity index (χ3n) is 4.14. The van der Waals surface area contributed by atoms with Crippen LogP contribution in [0.4, 0.5) is 0 Å². The van der Waals surface area contributed by atoms with E-state index in [4.69, 9.17) is 0 Å². The minimum atomic E-state index is 0.717. The molecule has 0 amide bonds. The molecule has 1 rings (SSSR count). The molecule has 0 heterocycles. The first kappa shape index (κ1) is 14.8. The monoisotopic (exact) mass is 237 g/mol. The molecule has 1 N–H and O–H groups in total. The Morgan fingerprint density at radius 1 is 1.18 bits per heavy atom. The Labute approximate surface area is 108 Å². The van der Waals surface area contributed by atoms with Gasteiger partial charge in [-0.05, 0) is 51.0 Å². The molecule has 0 fully saturated rings. The summed E-state index contributed by atoms with van der Waals surface area (Å²) in [5.41, 5.74) is 1.72. The highest BCUT2D eigenvalue weighted by Crippen LogP contribution is 2.25. The van der Waals surface area contributed by atoms with Crippen LogP contribution in [0.5, 0.6) is 0 Å². The Hall–Kier alpha value is -0.300. The third-order valence-corrected chi connectivity index (χ3v) is 4.14. The fraction of sp³-hybridized carbons (Fsp3) is 0.875. The molecule has 1 atom stereocenters. The van der Waals surface area contributed by atoms with E-state index in [0.717, 1.165) is 5.92 Å². The fourth-order valence-corrected chi connectivity index (χ4v) is 2.97. The Morgan fingerprint density at radius 2 is 1.94 bits per heavy atom. The topological polar surface area (TPSA) is 12.0 Å². The van der Waals surface area contributed by atoms with Gasteiger partial charge in [0.25, 0.3) is 0 Å². The summed E-state index contributed by atoms with van der Waals surface area (Å²) in [6, 6.07) is 0.717. The largest absolute Gasteiger partial charge is 0.313 e. The lowest BCUT2D eigenvalue weighted by Crippen LogP contribution is -2.36. The van der Waals surface area contributed by atoms with Gasteiger partial charge in [-0.25, -0.2) is 0 Å². The van der Waals surface area contributed by atoms with Crippen molar-refractivity contribution in [2.24, 2.45) is 5.92 Å². The predicted octanol–water partition coefficient (Wildman–Crippen LogP) is 4.68. The first-order valence-electron chi connectivity index (χ1n) is 7.73. The fourth-order valence-electron chi connectivity index (χ4n) is 2.97. The summed E-state index contributed by atoms with van der Waals surface area (Å²) in [4.78, 5) is 0. The van der Waals surface area contributed by atoms with E-state index in [0.29, 0.717) is 6.04 Å². The van der Waals surface area contributed by atoms with E-state index < -0.39 is 0 Å². The lowest BCUT2D eigenvalue weighted by molar-refractivity contribution is 0.328. The molecule has 0 aromatic rings. The van der Waals surface area contributed by atoms with Crippen molar-refractivity contribution < 1.29 is 0 Å². The molecule has 0 bridgehead atoms. The molecule has 100 valence electrons. The van der Waals surface area contributed by atoms with Crippen LogP contribution in [0.1, 0.15) is 72.1 Å². The predicted molar refractivity (Wildman–Crippen MR) is 77.3 cm³/mol. The molecule has 0 saturated carbocycles. The van der Waals surface area contributed by atoms with Crippen molar-refractivity contribution in [3.63, 3.8) is 0 Å². The van der Waals surface area contributed by atoms with E-state index in [1.165, 1.54) is 57.9 Å². The first-order chi connectivity index (χ1) is 8.31. The van der Waals surface area contributed by atoms with E-state index >= 15 is 0 Å². The molecule has 0 aliphatic heterocycles. The van der Waals surface area contributed by atoms with Crippen molar-refractivity contribution in [1.29, 1.82) is 0 Å². The van der Waals surface area contributed by atoms with E-state index in [1.807, 2.05) is 0 Å². The number of rotatable bonds is 8. The maximum atomic E-state index is 3.78. The smallest absolute Gasteiger partial charge is 0.0132 e. The zero-order valence-corrected chi connectivity index (χ0v) is 12.1. The maximum Gasteiger partial charge on any atom is 0.0132 e. The van der Waals surface area contributed by atoms with Crippen LogP contribution in [0.15, 0.2) is 11.6 Å². The second kappa shape index (κ2) is 8.74. The van der Waals surface area contributed by atoms with Gasteiger partial charge < -0.3 is 5.32 Å². The Morgan fingerprint density at radius 3 is 2.47 bits per heavy atom. The number of hydrogen-bond donors (Lipinski definition) is 1. The molecule has 0 aromatic heterocycles. The van der Waals surface area contributed by atoms with Gasteiger partial charge in [0.15, 0.2) is 0 Å². The summed E-state index contributed by atoms with van der Waals surface area (Å²) in [5, 5.41) is 3.78. The molecule has 1 heteroatoms. The van der Waals surface area contributed by atoms with Crippen LogP contribution in [0.2, 0.25) is 0 Å². The number of allylic oxidation sites excluding steroid dienone is 1. The van der Waals surface area contributed by atoms with Crippen molar-refractivity contribution in [3.05, 3.63) is 11.6 Å². The summed E-state index contributed by atoms with van der Waals surface area (Å²) in [6.07, 6.45) is 13.2. The van der Waals surface area contributed by atoms with Gasteiger partial charge in [0.2, 0.25) is 0 Å². The molecular formula is C16H31N. The molecule has 1 aliphatic carbocycles. The van der Waals surface area contributed by atoms with Crippen LogP contribution in [-0.2, 0) is 0 Å². The van der Waals surface area contributed by atoms with Crippen LogP contribution in [0, 0.1) is 5.92 Å². The van der Waals surface area contributed by atoms with Gasteiger partial charge in [-0.2, -0.15) is 0 Å². The van der Waals surface area contributed by atoms with Crippen molar-refractivity contribution >= 4 is 0 Å². The standard InChI is InChI=1S/C16H31N/c1-4-12-17-16(15(5-2)6-3)13-14-10-8-7-9-11-14/h10,15-17H,4-9,11-13H2,1-3H3. The molecular weight excluding hydrogens is 206 g/mol. The Balaban J connectivity index is 2.51. The van der Waals surface area contributed by atoms with Gasteiger partial charge in [0, 0.05) is 6.04 Å². The molecule has 0 radical (unpaired) electrons. The lowest BCUT2D eigenvalue weighted by Gasteiger charge is -2.28. The average Bonchev–Trinajstić information content (AvgIpc) is 2.38. The highest BCUT2D eigenvalue weighted by Gasteiger charge is 2.19. The van der Waals surface area contributed by atoms with E-state index in [9.17, 15) is 0 Å². The molecule has 0 spiro atoms. The number of hydrogen-bond acceptors (Lipinski definition) is 1. The second-order valence-electron chi connectivity index (χ2n) is 5.45. The summed E-state index contributed by atoms with van der Waals surface area (Å²) in [5.74, 6) is 0.851. The van der Waals surface area contributed by atoms with E-state index in [-0.39, 0.29) is 0 Å². The normalized spacial score (nSPS) is 18.2. The Bertz CT molecular complexity index is 216. The SMILES string of the molecule is CCCNC(CC1=CCCCC1)C(CC)CC. The minimum Gasteiger partial charge on any atom is -0.313 e. The summed E-state index contributed by atoms with van der Waals surface area (Å²) >= 11 is 0. The second-order valence-corrected chi connectivity index (χ2v) is 5.45. The van der Waals surface area contributed by atoms with Crippen molar-refractivity contribution in [2.45, 2.75) is 78.2 Å². The molecule has 0 aromatic carbocycles. The van der Waals surface area contributed by atoms with Crippen LogP contribution < -0.4 is 5.32 Å². The third kappa shape index (κ3) is 5.25. The first-order valence-corrected chi connectivity index (χ1v) is 7.73. The zero-order chi connectivity index (χ0) is 12.5. The molecule has 1 nitrogen and oxygen atoms in total. The molecule has 1 aliphatic rings. The van der Waals surface area contributed by atoms with Gasteiger partial charge in [-0.3, -0.25) is 0 Å². The Kier molecular flexibility index (Phi) is 7.59. The number of nitrogens with one attached hydrogen (secondary N) is 1. The van der Waals surface area contributed by atoms with Crippen molar-refractivity contribution in [3.8, 4) is 0 Å². The minimum absolute atomic E-state index is 0.717. The van der Waals surface area contributed by atoms with Crippen LogP contribution in [-0.4, -0.2) is 12.6 Å². The van der Waals surface area contributed by atoms with Gasteiger partial charge >= 0.3 is 0 Å². The van der Waals surface area contributed by atoms with Crippen LogP contribution >= 0.6 is 0 Å². The van der Waals surface area contributed by atoms with E-state index in [2.05, 4.69) is 32.2 Å². The highest BCUT2D eigenvalue weighted by molar-refractivity contribution is 5.07. The van der Waals surface area contributed by atoms with Crippen LogP contribution in [0.3, 0.4) is 0 Å². The van der Waals surface area contributed by atoms with Crippen molar-refractivity contribution in [2.75, 3.05) is 6.54 Å². The summed E-state index contributed by atoms with van der Waals surface area (Å²) < 4.78 is 0. The van der Waals surface area contributed by atoms with Gasteiger partial charge in [-0.15, -0.1) is 0 Å². The molecule has 17 heavy (non-hydrogen) atoms. The van der Waals surface area contributed by atoms with Crippen molar-refractivity contribution in [1.82, 2.24) is 5.32 Å². The van der Waals surface area contributed by atoms with Gasteiger partial charge in [0.05, 0.1) is 0 Å². The molecule has 0 saturated heterocycles. The summed E-state index contributed by atoms with van der Waals surface area (Å²) in [7, 11) is 0. The van der Waals surface area contributed by atoms with Crippen LogP contribution in [0.25, 0.3) is 0 Å². The highest BCUT2D eigenvalue weighted by atomic mass is 14.9. The van der Waals surface area contributed by atoms with E-state index in [1.54, 1.807) is 5.57 Å². The molecule has 1 unspecified atom stereocenters.